The summed E-state index contributed by atoms with van der Waals surface area (Å²) in [5.74, 6) is -2.01. The van der Waals surface area contributed by atoms with E-state index in [0.29, 0.717) is 22.0 Å². The molecule has 0 saturated carbocycles. The zero-order chi connectivity index (χ0) is 31.5. The number of nitrogens with one attached hydrogen (secondary N) is 1. The van der Waals surface area contributed by atoms with Crippen molar-refractivity contribution in [2.75, 3.05) is 10.8 Å². The molecule has 1 N–H and O–H groups in total. The van der Waals surface area contributed by atoms with Crippen molar-refractivity contribution in [3.05, 3.63) is 94.8 Å². The van der Waals surface area contributed by atoms with E-state index in [4.69, 9.17) is 11.6 Å². The lowest BCUT2D eigenvalue weighted by Gasteiger charge is -2.33. The van der Waals surface area contributed by atoms with Crippen molar-refractivity contribution in [3.8, 4) is 0 Å². The molecular weight excluding hydrogens is 598 g/mol. The van der Waals surface area contributed by atoms with Crippen LogP contribution >= 0.6 is 11.6 Å². The van der Waals surface area contributed by atoms with Crippen molar-refractivity contribution in [2.24, 2.45) is 0 Å². The van der Waals surface area contributed by atoms with Crippen LogP contribution in [-0.4, -0.2) is 43.3 Å². The van der Waals surface area contributed by atoms with Gasteiger partial charge in [-0.05, 0) is 75.7 Å². The minimum absolute atomic E-state index is 0.229. The minimum Gasteiger partial charge on any atom is -0.350 e. The number of sulfonamides is 1. The molecule has 7 nitrogen and oxygen atoms in total. The summed E-state index contributed by atoms with van der Waals surface area (Å²) in [5.41, 5.74) is -2.00. The third-order valence-electron chi connectivity index (χ3n) is 6.08. The molecule has 0 radical (unpaired) electrons. The van der Waals surface area contributed by atoms with Gasteiger partial charge in [0, 0.05) is 12.1 Å². The van der Waals surface area contributed by atoms with Crippen LogP contribution in [0, 0.1) is 5.82 Å². The van der Waals surface area contributed by atoms with E-state index in [2.05, 4.69) is 5.32 Å². The molecule has 0 bridgehead atoms. The van der Waals surface area contributed by atoms with Crippen molar-refractivity contribution in [1.82, 2.24) is 10.2 Å². The third kappa shape index (κ3) is 8.22. The van der Waals surface area contributed by atoms with Crippen LogP contribution in [0.4, 0.5) is 23.2 Å². The van der Waals surface area contributed by atoms with E-state index in [0.717, 1.165) is 23.1 Å². The van der Waals surface area contributed by atoms with E-state index < -0.39 is 63.2 Å². The average molecular weight is 628 g/mol. The van der Waals surface area contributed by atoms with E-state index in [1.54, 1.807) is 26.8 Å². The number of carbonyl (C=O) groups is 2. The Balaban J connectivity index is 2.13. The van der Waals surface area contributed by atoms with Crippen LogP contribution in [0.25, 0.3) is 0 Å². The summed E-state index contributed by atoms with van der Waals surface area (Å²) in [4.78, 5) is 27.7. The maximum absolute atomic E-state index is 13.9. The van der Waals surface area contributed by atoms with E-state index in [1.165, 1.54) is 43.3 Å². The normalized spacial score (nSPS) is 12.9. The van der Waals surface area contributed by atoms with E-state index in [-0.39, 0.29) is 16.5 Å². The summed E-state index contributed by atoms with van der Waals surface area (Å²) in [7, 11) is -4.64. The van der Waals surface area contributed by atoms with E-state index in [9.17, 15) is 35.6 Å². The number of halogens is 5. The van der Waals surface area contributed by atoms with Gasteiger partial charge in [0.15, 0.2) is 0 Å². The fraction of sp³-hybridized carbons (Fsp3) is 0.310. The third-order valence-corrected chi connectivity index (χ3v) is 8.18. The first-order valence-electron chi connectivity index (χ1n) is 12.7. The van der Waals surface area contributed by atoms with Gasteiger partial charge in [-0.2, -0.15) is 13.2 Å². The maximum Gasteiger partial charge on any atom is 0.416 e. The smallest absolute Gasteiger partial charge is 0.350 e. The van der Waals surface area contributed by atoms with Gasteiger partial charge in [0.05, 0.1) is 21.2 Å². The van der Waals surface area contributed by atoms with Gasteiger partial charge < -0.3 is 10.2 Å². The summed E-state index contributed by atoms with van der Waals surface area (Å²) in [6, 6.07) is 12.9. The number of alkyl halides is 3. The SMILES string of the molecule is C[C@H](C(=O)NC(C)(C)C)N(Cc1ccc(F)cc1)C(=O)CN(c1cc(C(F)(F)F)ccc1Cl)S(=O)(=O)c1ccccc1. The molecule has 0 heterocycles. The molecule has 13 heteroatoms. The molecule has 1 atom stereocenters. The zero-order valence-electron chi connectivity index (χ0n) is 23.2. The Morgan fingerprint density at radius 1 is 0.952 bits per heavy atom. The molecule has 226 valence electrons. The maximum atomic E-state index is 13.9. The Morgan fingerprint density at radius 3 is 2.10 bits per heavy atom. The molecule has 0 spiro atoms. The first-order chi connectivity index (χ1) is 19.4. The Kier molecular flexibility index (Phi) is 9.94. The second-order valence-electron chi connectivity index (χ2n) is 10.6. The Labute approximate surface area is 247 Å². The molecule has 0 aromatic heterocycles. The molecule has 0 aliphatic rings. The Bertz CT molecular complexity index is 1530. The number of hydrogen-bond acceptors (Lipinski definition) is 4. The van der Waals surface area contributed by atoms with Gasteiger partial charge >= 0.3 is 6.18 Å². The van der Waals surface area contributed by atoms with Crippen LogP contribution in [0.3, 0.4) is 0 Å². The van der Waals surface area contributed by atoms with Crippen LogP contribution in [0.5, 0.6) is 0 Å². The second-order valence-corrected chi connectivity index (χ2v) is 12.8. The number of nitrogens with zero attached hydrogens (tertiary/aromatic N) is 2. The molecule has 3 rings (SSSR count). The fourth-order valence-corrected chi connectivity index (χ4v) is 5.67. The first kappa shape index (κ1) is 32.9. The highest BCUT2D eigenvalue weighted by atomic mass is 35.5. The summed E-state index contributed by atoms with van der Waals surface area (Å²) in [6.45, 7) is 5.39. The molecular formula is C29H30ClF4N3O4S. The molecule has 3 aromatic carbocycles. The first-order valence-corrected chi connectivity index (χ1v) is 14.5. The number of rotatable bonds is 9. The Morgan fingerprint density at radius 2 is 1.55 bits per heavy atom. The van der Waals surface area contributed by atoms with Gasteiger partial charge in [-0.15, -0.1) is 0 Å². The molecule has 0 aliphatic carbocycles. The molecule has 0 saturated heterocycles. The van der Waals surface area contributed by atoms with Gasteiger partial charge in [-0.1, -0.05) is 41.9 Å². The van der Waals surface area contributed by atoms with Crippen LogP contribution in [0.1, 0.15) is 38.8 Å². The average Bonchev–Trinajstić information content (AvgIpc) is 2.90. The molecule has 0 aliphatic heterocycles. The monoisotopic (exact) mass is 627 g/mol. The summed E-state index contributed by atoms with van der Waals surface area (Å²) >= 11 is 6.23. The van der Waals surface area contributed by atoms with Gasteiger partial charge in [0.1, 0.15) is 18.4 Å². The lowest BCUT2D eigenvalue weighted by molar-refractivity contribution is -0.140. The van der Waals surface area contributed by atoms with Crippen molar-refractivity contribution >= 4 is 39.1 Å². The predicted molar refractivity (Wildman–Crippen MR) is 152 cm³/mol. The van der Waals surface area contributed by atoms with Gasteiger partial charge in [-0.25, -0.2) is 12.8 Å². The molecule has 42 heavy (non-hydrogen) atoms. The lowest BCUT2D eigenvalue weighted by atomic mass is 10.1. The van der Waals surface area contributed by atoms with Crippen LogP contribution in [-0.2, 0) is 32.3 Å². The van der Waals surface area contributed by atoms with Gasteiger partial charge in [0.25, 0.3) is 10.0 Å². The highest BCUT2D eigenvalue weighted by Gasteiger charge is 2.36. The van der Waals surface area contributed by atoms with Crippen molar-refractivity contribution in [3.63, 3.8) is 0 Å². The number of carbonyl (C=O) groups excluding carboxylic acids is 2. The summed E-state index contributed by atoms with van der Waals surface area (Å²) < 4.78 is 82.5. The van der Waals surface area contributed by atoms with Crippen LogP contribution < -0.4 is 9.62 Å². The topological polar surface area (TPSA) is 86.8 Å². The minimum atomic E-state index is -4.83. The fourth-order valence-electron chi connectivity index (χ4n) is 3.96. The van der Waals surface area contributed by atoms with Crippen molar-refractivity contribution < 1.29 is 35.6 Å². The molecule has 0 unspecified atom stereocenters. The number of anilines is 1. The number of amides is 2. The van der Waals surface area contributed by atoms with Crippen molar-refractivity contribution in [1.29, 1.82) is 0 Å². The quantitative estimate of drug-likeness (QED) is 0.294. The highest BCUT2D eigenvalue weighted by molar-refractivity contribution is 7.92. The van der Waals surface area contributed by atoms with Gasteiger partial charge in [-0.3, -0.25) is 13.9 Å². The van der Waals surface area contributed by atoms with Crippen molar-refractivity contribution in [2.45, 2.75) is 56.9 Å². The molecule has 2 amide bonds. The largest absolute Gasteiger partial charge is 0.416 e. The van der Waals surface area contributed by atoms with E-state index >= 15 is 0 Å². The van der Waals surface area contributed by atoms with E-state index in [1.807, 2.05) is 0 Å². The standard InChI is InChI=1S/C29H30ClF4N3O4S/c1-19(27(39)35-28(2,3)4)36(17-20-10-13-22(31)14-11-20)26(38)18-37(42(40,41)23-8-6-5-7-9-23)25-16-21(29(32,33)34)12-15-24(25)30/h5-16,19H,17-18H2,1-4H3,(H,35,39)/t19-/m1/s1. The second kappa shape index (κ2) is 12.7. The number of benzene rings is 3. The predicted octanol–water partition coefficient (Wildman–Crippen LogP) is 6.03. The molecule has 0 fully saturated rings. The van der Waals surface area contributed by atoms with Crippen LogP contribution in [0.2, 0.25) is 5.02 Å². The molecule has 3 aromatic rings. The van der Waals surface area contributed by atoms with Crippen LogP contribution in [0.15, 0.2) is 77.7 Å². The lowest BCUT2D eigenvalue weighted by Crippen LogP contribution is -2.54. The Hall–Kier alpha value is -3.64. The zero-order valence-corrected chi connectivity index (χ0v) is 24.8. The highest BCUT2D eigenvalue weighted by Crippen LogP contribution is 2.37. The number of hydrogen-bond donors (Lipinski definition) is 1. The summed E-state index contributed by atoms with van der Waals surface area (Å²) in [6.07, 6.45) is -4.83. The summed E-state index contributed by atoms with van der Waals surface area (Å²) in [5, 5.41) is 2.40. The van der Waals surface area contributed by atoms with Gasteiger partial charge in [0.2, 0.25) is 11.8 Å².